The van der Waals surface area contributed by atoms with Crippen molar-refractivity contribution >= 4 is 15.9 Å². The average molecular weight is 308 g/mol. The number of nitrogens with two attached hydrogens (primary N) is 1. The van der Waals surface area contributed by atoms with Crippen LogP contribution in [-0.2, 0) is 11.2 Å². The first-order valence-corrected chi connectivity index (χ1v) is 6.31. The summed E-state index contributed by atoms with van der Waals surface area (Å²) < 4.78 is 32.5. The maximum Gasteiger partial charge on any atom is 0.143 e. The summed E-state index contributed by atoms with van der Waals surface area (Å²) in [5, 5.41) is 0. The van der Waals surface area contributed by atoms with E-state index >= 15 is 0 Å². The Balaban J connectivity index is 2.64. The van der Waals surface area contributed by atoms with Gasteiger partial charge in [0.25, 0.3) is 0 Å². The van der Waals surface area contributed by atoms with E-state index in [1.807, 2.05) is 6.92 Å². The molecule has 0 saturated carbocycles. The Hall–Kier alpha value is -0.520. The lowest BCUT2D eigenvalue weighted by atomic mass is 10.1. The highest BCUT2D eigenvalue weighted by molar-refractivity contribution is 9.10. The third-order valence-electron chi connectivity index (χ3n) is 2.29. The molecule has 0 radical (unpaired) electrons. The van der Waals surface area contributed by atoms with E-state index in [1.165, 1.54) is 12.1 Å². The van der Waals surface area contributed by atoms with Crippen LogP contribution in [0.15, 0.2) is 16.6 Å². The third-order valence-corrected chi connectivity index (χ3v) is 2.90. The molecule has 0 fully saturated rings. The molecule has 1 aromatic carbocycles. The van der Waals surface area contributed by atoms with Gasteiger partial charge in [-0.2, -0.15) is 0 Å². The summed E-state index contributed by atoms with van der Waals surface area (Å²) in [7, 11) is 0. The lowest BCUT2D eigenvalue weighted by molar-refractivity contribution is 0.121. The van der Waals surface area contributed by atoms with Crippen LogP contribution in [0.4, 0.5) is 8.78 Å². The van der Waals surface area contributed by atoms with Crippen LogP contribution in [0.3, 0.4) is 0 Å². The van der Waals surface area contributed by atoms with Crippen molar-refractivity contribution in [3.63, 3.8) is 0 Å². The Bertz CT molecular complexity index is 374. The highest BCUT2D eigenvalue weighted by Crippen LogP contribution is 2.22. The van der Waals surface area contributed by atoms with Crippen LogP contribution in [0, 0.1) is 11.6 Å². The van der Waals surface area contributed by atoms with Crippen molar-refractivity contribution in [2.24, 2.45) is 5.73 Å². The molecule has 0 aromatic heterocycles. The number of hydrogen-bond donors (Lipinski definition) is 1. The minimum absolute atomic E-state index is 0.00646. The Morgan fingerprint density at radius 3 is 2.76 bits per heavy atom. The third kappa shape index (κ3) is 4.33. The number of benzene rings is 1. The molecule has 17 heavy (non-hydrogen) atoms. The van der Waals surface area contributed by atoms with E-state index in [-0.39, 0.29) is 16.5 Å². The summed E-state index contributed by atoms with van der Waals surface area (Å²) in [5.74, 6) is -1.16. The zero-order valence-electron chi connectivity index (χ0n) is 9.68. The first-order valence-electron chi connectivity index (χ1n) is 5.52. The van der Waals surface area contributed by atoms with Crippen LogP contribution >= 0.6 is 15.9 Å². The number of ether oxygens (including phenoxy) is 1. The topological polar surface area (TPSA) is 35.2 Å². The Morgan fingerprint density at radius 2 is 2.12 bits per heavy atom. The zero-order chi connectivity index (χ0) is 12.8. The monoisotopic (exact) mass is 307 g/mol. The van der Waals surface area contributed by atoms with Gasteiger partial charge in [-0.1, -0.05) is 6.92 Å². The smallest absolute Gasteiger partial charge is 0.143 e. The molecule has 0 aliphatic rings. The summed E-state index contributed by atoms with van der Waals surface area (Å²) in [6.45, 7) is 2.90. The molecule has 0 amide bonds. The average Bonchev–Trinajstić information content (AvgIpc) is 2.30. The molecule has 0 aliphatic heterocycles. The Kier molecular flexibility index (Phi) is 6.02. The predicted molar refractivity (Wildman–Crippen MR) is 66.8 cm³/mol. The first kappa shape index (κ1) is 14.5. The van der Waals surface area contributed by atoms with Crippen LogP contribution in [0.1, 0.15) is 18.9 Å². The van der Waals surface area contributed by atoms with Gasteiger partial charge in [-0.3, -0.25) is 0 Å². The molecular formula is C12H16BrF2NO. The van der Waals surface area contributed by atoms with Crippen LogP contribution in [0.25, 0.3) is 0 Å². The van der Waals surface area contributed by atoms with Crippen molar-refractivity contribution in [1.82, 2.24) is 0 Å². The van der Waals surface area contributed by atoms with E-state index in [2.05, 4.69) is 15.9 Å². The predicted octanol–water partition coefficient (Wildman–Crippen LogP) is 3.02. The van der Waals surface area contributed by atoms with Crippen LogP contribution in [-0.4, -0.2) is 19.3 Å². The van der Waals surface area contributed by atoms with E-state index < -0.39 is 17.7 Å². The Morgan fingerprint density at radius 1 is 1.41 bits per heavy atom. The lowest BCUT2D eigenvalue weighted by Gasteiger charge is -2.13. The number of hydrogen-bond acceptors (Lipinski definition) is 2. The molecule has 0 spiro atoms. The molecule has 1 aromatic rings. The van der Waals surface area contributed by atoms with Crippen molar-refractivity contribution in [3.05, 3.63) is 33.8 Å². The minimum Gasteiger partial charge on any atom is -0.380 e. The van der Waals surface area contributed by atoms with Gasteiger partial charge < -0.3 is 10.5 Å². The molecule has 0 heterocycles. The molecular weight excluding hydrogens is 292 g/mol. The summed E-state index contributed by atoms with van der Waals surface area (Å²) in [4.78, 5) is 0. The van der Waals surface area contributed by atoms with Crippen LogP contribution in [0.2, 0.25) is 0 Å². The number of rotatable bonds is 6. The van der Waals surface area contributed by atoms with E-state index in [0.717, 1.165) is 6.42 Å². The van der Waals surface area contributed by atoms with Crippen LogP contribution < -0.4 is 5.73 Å². The maximum atomic E-state index is 13.6. The highest BCUT2D eigenvalue weighted by Gasteiger charge is 2.15. The molecule has 0 bridgehead atoms. The fourth-order valence-electron chi connectivity index (χ4n) is 1.46. The van der Waals surface area contributed by atoms with E-state index in [4.69, 9.17) is 10.5 Å². The van der Waals surface area contributed by atoms with Gasteiger partial charge in [0.1, 0.15) is 11.6 Å². The summed E-state index contributed by atoms with van der Waals surface area (Å²) in [6.07, 6.45) is 1.02. The molecule has 1 rings (SSSR count). The fourth-order valence-corrected chi connectivity index (χ4v) is 1.83. The quantitative estimate of drug-likeness (QED) is 0.647. The van der Waals surface area contributed by atoms with Gasteiger partial charge in [0, 0.05) is 18.2 Å². The number of halogens is 3. The molecule has 0 aliphatic carbocycles. The van der Waals surface area contributed by atoms with Gasteiger partial charge in [-0.15, -0.1) is 0 Å². The van der Waals surface area contributed by atoms with Gasteiger partial charge in [-0.25, -0.2) is 8.78 Å². The van der Waals surface area contributed by atoms with E-state index in [9.17, 15) is 8.78 Å². The second kappa shape index (κ2) is 7.03. The summed E-state index contributed by atoms with van der Waals surface area (Å²) >= 11 is 3.02. The molecule has 5 heteroatoms. The minimum atomic E-state index is -0.587. The Labute approximate surface area is 108 Å². The van der Waals surface area contributed by atoms with Crippen molar-refractivity contribution < 1.29 is 13.5 Å². The highest BCUT2D eigenvalue weighted by atomic mass is 79.9. The molecule has 2 N–H and O–H groups in total. The lowest BCUT2D eigenvalue weighted by Crippen LogP contribution is -2.29. The molecule has 96 valence electrons. The molecule has 2 nitrogen and oxygen atoms in total. The largest absolute Gasteiger partial charge is 0.380 e. The summed E-state index contributed by atoms with van der Waals surface area (Å²) in [6, 6.07) is 2.16. The molecule has 1 unspecified atom stereocenters. The standard InChI is InChI=1S/C12H16BrF2NO/c1-2-5-17-7-8(16)6-9-11(14)4-3-10(13)12(9)15/h3-4,8H,2,5-7,16H2,1H3. The molecule has 0 saturated heterocycles. The van der Waals surface area contributed by atoms with Crippen molar-refractivity contribution in [1.29, 1.82) is 0 Å². The van der Waals surface area contributed by atoms with E-state index in [1.54, 1.807) is 0 Å². The fraction of sp³-hybridized carbons (Fsp3) is 0.500. The molecule has 1 atom stereocenters. The van der Waals surface area contributed by atoms with Gasteiger partial charge in [0.2, 0.25) is 0 Å². The van der Waals surface area contributed by atoms with Gasteiger partial charge in [0.15, 0.2) is 0 Å². The SMILES string of the molecule is CCCOCC(N)Cc1c(F)ccc(Br)c1F. The van der Waals surface area contributed by atoms with E-state index in [0.29, 0.717) is 13.2 Å². The van der Waals surface area contributed by atoms with Crippen molar-refractivity contribution in [2.45, 2.75) is 25.8 Å². The van der Waals surface area contributed by atoms with Gasteiger partial charge >= 0.3 is 0 Å². The second-order valence-corrected chi connectivity index (χ2v) is 4.72. The van der Waals surface area contributed by atoms with Gasteiger partial charge in [0.05, 0.1) is 11.1 Å². The normalized spacial score (nSPS) is 12.8. The first-order chi connectivity index (χ1) is 8.06. The zero-order valence-corrected chi connectivity index (χ0v) is 11.3. The van der Waals surface area contributed by atoms with Gasteiger partial charge in [-0.05, 0) is 40.9 Å². The van der Waals surface area contributed by atoms with Crippen molar-refractivity contribution in [3.8, 4) is 0 Å². The van der Waals surface area contributed by atoms with Crippen LogP contribution in [0.5, 0.6) is 0 Å². The van der Waals surface area contributed by atoms with Crippen molar-refractivity contribution in [2.75, 3.05) is 13.2 Å². The maximum absolute atomic E-state index is 13.6. The second-order valence-electron chi connectivity index (χ2n) is 3.86. The summed E-state index contributed by atoms with van der Waals surface area (Å²) in [5.41, 5.74) is 5.77.